The molecule has 0 N–H and O–H groups in total. The van der Waals surface area contributed by atoms with Crippen LogP contribution in [-0.4, -0.2) is 14.1 Å². The second-order valence-corrected chi connectivity index (χ2v) is 18.9. The van der Waals surface area contributed by atoms with Gasteiger partial charge in [-0.25, -0.2) is 0 Å². The molecule has 0 saturated carbocycles. The minimum absolute atomic E-state index is 0.563. The molecule has 0 bridgehead atoms. The highest BCUT2D eigenvalue weighted by Crippen LogP contribution is 2.64. The summed E-state index contributed by atoms with van der Waals surface area (Å²) in [6, 6.07) is 85.9. The predicted octanol–water partition coefficient (Wildman–Crippen LogP) is 16.5. The van der Waals surface area contributed by atoms with Gasteiger partial charge in [-0.15, -0.1) is 0 Å². The van der Waals surface area contributed by atoms with E-state index < -0.39 is 5.41 Å². The van der Waals surface area contributed by atoms with Gasteiger partial charge in [0.2, 0.25) is 0 Å². The number of para-hydroxylation sites is 2. The maximum Gasteiger partial charge on any atom is 0.104 e. The Morgan fingerprint density at radius 3 is 1.30 bits per heavy atom. The monoisotopic (exact) mass is 900 g/mol. The molecular weight excluding hydrogens is 861 g/mol. The number of nitriles is 1. The van der Waals surface area contributed by atoms with E-state index in [2.05, 4.69) is 252 Å². The van der Waals surface area contributed by atoms with Crippen LogP contribution in [0.15, 0.2) is 243 Å². The Bertz CT molecular complexity index is 4190. The molecule has 0 aliphatic heterocycles. The third-order valence-electron chi connectivity index (χ3n) is 15.5. The smallest absolute Gasteiger partial charge is 0.104 e. The second-order valence-electron chi connectivity index (χ2n) is 18.9. The maximum atomic E-state index is 11.9. The van der Waals surface area contributed by atoms with Crippen LogP contribution in [0.5, 0.6) is 0 Å². The largest absolute Gasteiger partial charge is 0.308 e. The highest BCUT2D eigenvalue weighted by atomic mass is 15.0. The van der Waals surface area contributed by atoms with Crippen molar-refractivity contribution in [3.63, 3.8) is 0 Å². The molecule has 0 atom stereocenters. The molecule has 0 radical (unpaired) electrons. The second kappa shape index (κ2) is 15.0. The summed E-state index contributed by atoms with van der Waals surface area (Å²) in [5, 5.41) is 16.3. The van der Waals surface area contributed by atoms with E-state index in [0.717, 1.165) is 99.5 Å². The fraction of sp³-hybridized carbons (Fsp3) is 0.0149. The average Bonchev–Trinajstić information content (AvgIpc) is 4.15. The number of benzene rings is 10. The molecule has 4 nitrogen and oxygen atoms in total. The van der Waals surface area contributed by atoms with Crippen LogP contribution >= 0.6 is 0 Å². The number of hydrogen-bond acceptors (Lipinski definition) is 2. The number of fused-ring (bicyclic) bond motifs is 16. The Balaban J connectivity index is 1.07. The first kappa shape index (κ1) is 39.4. The van der Waals surface area contributed by atoms with Gasteiger partial charge in [-0.05, 0) is 121 Å². The van der Waals surface area contributed by atoms with Crippen LogP contribution in [0.3, 0.4) is 0 Å². The Kier molecular flexibility index (Phi) is 8.31. The highest BCUT2D eigenvalue weighted by molar-refractivity contribution is 6.13. The molecule has 3 aromatic heterocycles. The van der Waals surface area contributed by atoms with Gasteiger partial charge in [0, 0.05) is 39.5 Å². The third kappa shape index (κ3) is 5.40. The zero-order valence-corrected chi connectivity index (χ0v) is 38.4. The molecule has 0 amide bonds. The molecule has 4 heteroatoms. The van der Waals surface area contributed by atoms with Crippen molar-refractivity contribution in [3.8, 4) is 73.1 Å². The van der Waals surface area contributed by atoms with Gasteiger partial charge in [0.25, 0.3) is 0 Å². The summed E-state index contributed by atoms with van der Waals surface area (Å²) in [5.74, 6) is 0. The normalized spacial score (nSPS) is 12.9. The van der Waals surface area contributed by atoms with Crippen LogP contribution in [0.4, 0.5) is 0 Å². The fourth-order valence-electron chi connectivity index (χ4n) is 12.6. The topological polar surface area (TPSA) is 46.5 Å². The van der Waals surface area contributed by atoms with E-state index in [1.807, 2.05) is 6.20 Å². The van der Waals surface area contributed by atoms with Gasteiger partial charge in [0.05, 0.1) is 38.9 Å². The molecule has 13 aromatic rings. The van der Waals surface area contributed by atoms with E-state index in [1.54, 1.807) is 0 Å². The van der Waals surface area contributed by atoms with Crippen LogP contribution in [-0.2, 0) is 5.41 Å². The van der Waals surface area contributed by atoms with Crippen molar-refractivity contribution in [2.24, 2.45) is 0 Å². The van der Waals surface area contributed by atoms with Crippen LogP contribution in [0.1, 0.15) is 27.8 Å². The Hall–Kier alpha value is -9.56. The Morgan fingerprint density at radius 2 is 0.775 bits per heavy atom. The molecule has 0 saturated heterocycles. The molecule has 10 aromatic carbocycles. The molecule has 2 aliphatic rings. The van der Waals surface area contributed by atoms with Crippen LogP contribution in [0, 0.1) is 11.3 Å². The number of aromatic nitrogens is 3. The summed E-state index contributed by atoms with van der Waals surface area (Å²) in [5.41, 5.74) is 22.1. The minimum atomic E-state index is -0.563. The van der Waals surface area contributed by atoms with Crippen LogP contribution in [0.2, 0.25) is 0 Å². The predicted molar refractivity (Wildman–Crippen MR) is 290 cm³/mol. The first-order valence-corrected chi connectivity index (χ1v) is 24.2. The maximum absolute atomic E-state index is 11.9. The fourth-order valence-corrected chi connectivity index (χ4v) is 12.6. The lowest BCUT2D eigenvalue weighted by molar-refractivity contribution is 0.788. The summed E-state index contributed by atoms with van der Waals surface area (Å²) >= 11 is 0. The highest BCUT2D eigenvalue weighted by Gasteiger charge is 2.52. The van der Waals surface area contributed by atoms with Gasteiger partial charge in [-0.2, -0.15) is 5.26 Å². The molecule has 2 aliphatic carbocycles. The molecule has 71 heavy (non-hydrogen) atoms. The van der Waals surface area contributed by atoms with Gasteiger partial charge in [-0.3, -0.25) is 4.98 Å². The third-order valence-corrected chi connectivity index (χ3v) is 15.5. The zero-order valence-electron chi connectivity index (χ0n) is 38.4. The Labute approximate surface area is 410 Å². The lowest BCUT2D eigenvalue weighted by atomic mass is 9.71. The quantitative estimate of drug-likeness (QED) is 0.173. The molecule has 0 unspecified atom stereocenters. The van der Waals surface area contributed by atoms with Crippen LogP contribution in [0.25, 0.3) is 111 Å². The Morgan fingerprint density at radius 1 is 0.338 bits per heavy atom. The van der Waals surface area contributed by atoms with Crippen molar-refractivity contribution in [2.75, 3.05) is 0 Å². The van der Waals surface area contributed by atoms with Gasteiger partial charge < -0.3 is 9.13 Å². The number of pyridine rings is 1. The average molecular weight is 901 g/mol. The molecule has 1 spiro atoms. The summed E-state index contributed by atoms with van der Waals surface area (Å²) < 4.78 is 4.64. The summed E-state index contributed by atoms with van der Waals surface area (Å²) in [4.78, 5) is 5.21. The number of rotatable bonds is 5. The van der Waals surface area contributed by atoms with Crippen molar-refractivity contribution in [3.05, 3.63) is 271 Å². The van der Waals surface area contributed by atoms with Crippen molar-refractivity contribution in [1.29, 1.82) is 5.26 Å². The number of nitrogens with zero attached hydrogens (tertiary/aromatic N) is 4. The van der Waals surface area contributed by atoms with Crippen molar-refractivity contribution < 1.29 is 0 Å². The zero-order chi connectivity index (χ0) is 46.8. The van der Waals surface area contributed by atoms with Gasteiger partial charge in [0.1, 0.15) is 11.6 Å². The SMILES string of the molecule is N#Cc1c(-n2c3ccccc3c3cc(-c4ccccc4)ccc32)cc(-c2cncc3c2-c2ccccc2C32c3ccccc3-c3ccccc32)cc1-n1c2ccccc2c2cc(-c3ccccc3)ccc21. The number of hydrogen-bond donors (Lipinski definition) is 0. The van der Waals surface area contributed by atoms with Crippen molar-refractivity contribution >= 4 is 43.6 Å². The molecular formula is C67H40N4. The van der Waals surface area contributed by atoms with E-state index in [-0.39, 0.29) is 0 Å². The molecule has 15 rings (SSSR count). The van der Waals surface area contributed by atoms with Gasteiger partial charge in [0.15, 0.2) is 0 Å². The molecule has 328 valence electrons. The molecule has 3 heterocycles. The summed E-state index contributed by atoms with van der Waals surface area (Å²) in [6.07, 6.45) is 4.16. The lowest BCUT2D eigenvalue weighted by Gasteiger charge is -2.30. The first-order chi connectivity index (χ1) is 35.2. The van der Waals surface area contributed by atoms with E-state index >= 15 is 0 Å². The standard InChI is InChI=1S/C67H40N4/c68-39-54-64(70-60-29-15-10-23-49(60)52-35-44(31-33-62(52)70)42-17-3-1-4-18-42)37-46(38-65(54)71-61-30-16-11-24-50(61)53-36-45(32-34-63(53)71)43-19-5-2-6-20-43)55-40-69-41-59-66(55)51-25-9-14-28-58(51)67(59)56-26-12-7-21-47(56)48-22-8-13-27-57(48)67/h1-38,40-41H. The first-order valence-electron chi connectivity index (χ1n) is 24.2. The van der Waals surface area contributed by atoms with E-state index in [4.69, 9.17) is 4.98 Å². The summed E-state index contributed by atoms with van der Waals surface area (Å²) in [6.45, 7) is 0. The minimum Gasteiger partial charge on any atom is -0.308 e. The molecule has 0 fully saturated rings. The summed E-state index contributed by atoms with van der Waals surface area (Å²) in [7, 11) is 0. The lowest BCUT2D eigenvalue weighted by Crippen LogP contribution is -2.26. The van der Waals surface area contributed by atoms with Crippen LogP contribution < -0.4 is 0 Å². The van der Waals surface area contributed by atoms with E-state index in [1.165, 1.54) is 33.4 Å². The van der Waals surface area contributed by atoms with E-state index in [9.17, 15) is 5.26 Å². The van der Waals surface area contributed by atoms with E-state index in [0.29, 0.717) is 5.56 Å². The van der Waals surface area contributed by atoms with Gasteiger partial charge >= 0.3 is 0 Å². The van der Waals surface area contributed by atoms with Crippen molar-refractivity contribution in [1.82, 2.24) is 14.1 Å². The van der Waals surface area contributed by atoms with Gasteiger partial charge in [-0.1, -0.05) is 182 Å². The van der Waals surface area contributed by atoms with Crippen molar-refractivity contribution in [2.45, 2.75) is 5.41 Å².